The summed E-state index contributed by atoms with van der Waals surface area (Å²) in [7, 11) is 0. The molecule has 0 saturated carbocycles. The van der Waals surface area contributed by atoms with E-state index in [9.17, 15) is 0 Å². The van der Waals surface area contributed by atoms with E-state index < -0.39 is 0 Å². The maximum absolute atomic E-state index is 3.97. The molecule has 0 bridgehead atoms. The normalized spacial score (nSPS) is 32.2. The van der Waals surface area contributed by atoms with Crippen molar-refractivity contribution in [2.24, 2.45) is 5.41 Å². The highest BCUT2D eigenvalue weighted by atomic mass is 32.2. The highest BCUT2D eigenvalue weighted by Gasteiger charge is 2.40. The Kier molecular flexibility index (Phi) is 3.96. The third-order valence-corrected chi connectivity index (χ3v) is 5.20. The SMILES string of the molecule is C=C1NC2CSC(CCCCC(C)(C)C)C2N1. The van der Waals surface area contributed by atoms with Crippen LogP contribution in [0.4, 0.5) is 0 Å². The molecule has 3 unspecified atom stereocenters. The summed E-state index contributed by atoms with van der Waals surface area (Å²) in [4.78, 5) is 0. The van der Waals surface area contributed by atoms with Crippen LogP contribution in [0.25, 0.3) is 0 Å². The molecule has 2 fully saturated rings. The molecule has 0 amide bonds. The van der Waals surface area contributed by atoms with Gasteiger partial charge in [0.05, 0.1) is 17.9 Å². The molecular formula is C14H26N2S. The van der Waals surface area contributed by atoms with Gasteiger partial charge in [-0.25, -0.2) is 0 Å². The summed E-state index contributed by atoms with van der Waals surface area (Å²) < 4.78 is 0. The van der Waals surface area contributed by atoms with Crippen LogP contribution in [0.1, 0.15) is 46.5 Å². The van der Waals surface area contributed by atoms with E-state index in [0.29, 0.717) is 17.5 Å². The molecule has 2 rings (SSSR count). The summed E-state index contributed by atoms with van der Waals surface area (Å²) in [6.45, 7) is 11.0. The van der Waals surface area contributed by atoms with Crippen LogP contribution in [-0.4, -0.2) is 23.1 Å². The zero-order chi connectivity index (χ0) is 12.5. The van der Waals surface area contributed by atoms with E-state index in [1.54, 1.807) is 0 Å². The lowest BCUT2D eigenvalue weighted by atomic mass is 9.89. The van der Waals surface area contributed by atoms with Crippen molar-refractivity contribution in [1.82, 2.24) is 10.6 Å². The Morgan fingerprint density at radius 2 is 2.06 bits per heavy atom. The smallest absolute Gasteiger partial charge is 0.0918 e. The molecule has 98 valence electrons. The van der Waals surface area contributed by atoms with E-state index in [4.69, 9.17) is 0 Å². The van der Waals surface area contributed by atoms with Crippen molar-refractivity contribution >= 4 is 11.8 Å². The Balaban J connectivity index is 1.68. The van der Waals surface area contributed by atoms with Crippen molar-refractivity contribution in [3.8, 4) is 0 Å². The molecule has 0 aromatic heterocycles. The number of hydrogen-bond acceptors (Lipinski definition) is 3. The summed E-state index contributed by atoms with van der Waals surface area (Å²) >= 11 is 2.13. The molecule has 0 aliphatic carbocycles. The Hall–Kier alpha value is -0.310. The van der Waals surface area contributed by atoms with E-state index in [0.717, 1.165) is 11.1 Å². The van der Waals surface area contributed by atoms with Crippen molar-refractivity contribution in [1.29, 1.82) is 0 Å². The van der Waals surface area contributed by atoms with E-state index in [1.807, 2.05) is 0 Å². The molecule has 2 aliphatic heterocycles. The van der Waals surface area contributed by atoms with Crippen molar-refractivity contribution in [2.75, 3.05) is 5.75 Å². The number of unbranched alkanes of at least 4 members (excludes halogenated alkanes) is 1. The van der Waals surface area contributed by atoms with Crippen LogP contribution in [0.5, 0.6) is 0 Å². The lowest BCUT2D eigenvalue weighted by Crippen LogP contribution is -2.36. The molecule has 0 radical (unpaired) electrons. The van der Waals surface area contributed by atoms with Crippen LogP contribution in [0, 0.1) is 5.41 Å². The Bertz CT molecular complexity index is 282. The van der Waals surface area contributed by atoms with Gasteiger partial charge in [-0.2, -0.15) is 11.8 Å². The van der Waals surface area contributed by atoms with E-state index >= 15 is 0 Å². The zero-order valence-corrected chi connectivity index (χ0v) is 12.2. The standard InChI is InChI=1S/C14H26N2S/c1-10-15-11-9-17-12(13(11)16-10)7-5-6-8-14(2,3)4/h11-13,15-16H,1,5-9H2,2-4H3. The van der Waals surface area contributed by atoms with Gasteiger partial charge in [0.2, 0.25) is 0 Å². The quantitative estimate of drug-likeness (QED) is 0.754. The lowest BCUT2D eigenvalue weighted by Gasteiger charge is -2.20. The minimum absolute atomic E-state index is 0.493. The second-order valence-corrected chi connectivity index (χ2v) is 7.85. The van der Waals surface area contributed by atoms with Crippen molar-refractivity contribution in [3.05, 3.63) is 12.4 Å². The summed E-state index contributed by atoms with van der Waals surface area (Å²) in [6, 6.07) is 1.25. The van der Waals surface area contributed by atoms with Gasteiger partial charge in [0.1, 0.15) is 0 Å². The zero-order valence-electron chi connectivity index (χ0n) is 11.4. The van der Waals surface area contributed by atoms with Gasteiger partial charge in [-0.1, -0.05) is 40.2 Å². The summed E-state index contributed by atoms with van der Waals surface area (Å²) in [5.41, 5.74) is 0.493. The third kappa shape index (κ3) is 3.57. The van der Waals surface area contributed by atoms with Gasteiger partial charge in [-0.05, 0) is 18.3 Å². The summed E-state index contributed by atoms with van der Waals surface area (Å²) in [5.74, 6) is 2.26. The molecule has 2 aliphatic rings. The largest absolute Gasteiger partial charge is 0.367 e. The number of nitrogens with one attached hydrogen (secondary N) is 2. The van der Waals surface area contributed by atoms with E-state index in [-0.39, 0.29) is 0 Å². The summed E-state index contributed by atoms with van der Waals surface area (Å²) in [6.07, 6.45) is 5.43. The minimum Gasteiger partial charge on any atom is -0.367 e. The van der Waals surface area contributed by atoms with E-state index in [2.05, 4.69) is 49.7 Å². The monoisotopic (exact) mass is 254 g/mol. The minimum atomic E-state index is 0.493. The van der Waals surface area contributed by atoms with Crippen molar-refractivity contribution in [2.45, 2.75) is 63.8 Å². The maximum Gasteiger partial charge on any atom is 0.0918 e. The second kappa shape index (κ2) is 5.13. The highest BCUT2D eigenvalue weighted by Crippen LogP contribution is 2.34. The first-order valence-corrected chi connectivity index (χ1v) is 7.84. The average molecular weight is 254 g/mol. The van der Waals surface area contributed by atoms with Crippen LogP contribution < -0.4 is 10.6 Å². The topological polar surface area (TPSA) is 24.1 Å². The number of fused-ring (bicyclic) bond motifs is 1. The van der Waals surface area contributed by atoms with Crippen LogP contribution in [-0.2, 0) is 0 Å². The predicted molar refractivity (Wildman–Crippen MR) is 77.2 cm³/mol. The molecule has 0 aromatic rings. The summed E-state index contributed by atoms with van der Waals surface area (Å²) in [5, 5.41) is 7.71. The fourth-order valence-corrected chi connectivity index (χ4v) is 4.29. The molecule has 0 aromatic carbocycles. The van der Waals surface area contributed by atoms with Crippen LogP contribution in [0.15, 0.2) is 12.4 Å². The molecule has 0 spiro atoms. The van der Waals surface area contributed by atoms with Gasteiger partial charge in [0, 0.05) is 11.0 Å². The second-order valence-electron chi connectivity index (χ2n) is 6.58. The van der Waals surface area contributed by atoms with Crippen LogP contribution in [0.3, 0.4) is 0 Å². The van der Waals surface area contributed by atoms with Crippen LogP contribution >= 0.6 is 11.8 Å². The molecule has 2 heterocycles. The Morgan fingerprint density at radius 3 is 2.76 bits per heavy atom. The van der Waals surface area contributed by atoms with Crippen molar-refractivity contribution < 1.29 is 0 Å². The molecule has 3 heteroatoms. The first-order chi connectivity index (χ1) is 7.96. The average Bonchev–Trinajstić information content (AvgIpc) is 2.71. The number of thioether (sulfide) groups is 1. The Labute approximate surface area is 110 Å². The molecule has 3 atom stereocenters. The van der Waals surface area contributed by atoms with Crippen molar-refractivity contribution in [3.63, 3.8) is 0 Å². The molecule has 2 saturated heterocycles. The fourth-order valence-electron chi connectivity index (χ4n) is 2.75. The van der Waals surface area contributed by atoms with Gasteiger partial charge in [-0.15, -0.1) is 0 Å². The van der Waals surface area contributed by atoms with Gasteiger partial charge >= 0.3 is 0 Å². The third-order valence-electron chi connectivity index (χ3n) is 3.69. The molecular weight excluding hydrogens is 228 g/mol. The Morgan fingerprint density at radius 1 is 1.29 bits per heavy atom. The van der Waals surface area contributed by atoms with Gasteiger partial charge < -0.3 is 10.6 Å². The fraction of sp³-hybridized carbons (Fsp3) is 0.857. The first-order valence-electron chi connectivity index (χ1n) is 6.79. The van der Waals surface area contributed by atoms with Gasteiger partial charge in [-0.3, -0.25) is 0 Å². The predicted octanol–water partition coefficient (Wildman–Crippen LogP) is 3.11. The molecule has 2 N–H and O–H groups in total. The van der Waals surface area contributed by atoms with Gasteiger partial charge in [0.15, 0.2) is 0 Å². The van der Waals surface area contributed by atoms with Crippen LogP contribution in [0.2, 0.25) is 0 Å². The van der Waals surface area contributed by atoms with Gasteiger partial charge in [0.25, 0.3) is 0 Å². The molecule has 17 heavy (non-hydrogen) atoms. The van der Waals surface area contributed by atoms with E-state index in [1.165, 1.54) is 31.4 Å². The first kappa shape index (κ1) is 13.1. The highest BCUT2D eigenvalue weighted by molar-refractivity contribution is 8.00. The lowest BCUT2D eigenvalue weighted by molar-refractivity contribution is 0.355. The maximum atomic E-state index is 3.97. The number of rotatable bonds is 4. The number of hydrogen-bond donors (Lipinski definition) is 2. The molecule has 2 nitrogen and oxygen atoms in total.